The van der Waals surface area contributed by atoms with Gasteiger partial charge in [-0.05, 0) is 50.3 Å². The predicted molar refractivity (Wildman–Crippen MR) is 125 cm³/mol. The summed E-state index contributed by atoms with van der Waals surface area (Å²) in [5, 5.41) is 13.9. The summed E-state index contributed by atoms with van der Waals surface area (Å²) in [4.78, 5) is 33.4. The highest BCUT2D eigenvalue weighted by Gasteiger charge is 2.39. The number of hydrogen-bond donors (Lipinski definition) is 1. The number of nitrogens with zero attached hydrogens (tertiary/aromatic N) is 7. The summed E-state index contributed by atoms with van der Waals surface area (Å²) in [6, 6.07) is 5.44. The molecule has 1 unspecified atom stereocenters. The summed E-state index contributed by atoms with van der Waals surface area (Å²) in [7, 11) is 0. The van der Waals surface area contributed by atoms with Crippen LogP contribution >= 0.6 is 0 Å². The van der Waals surface area contributed by atoms with Gasteiger partial charge in [-0.3, -0.25) is 9.78 Å². The van der Waals surface area contributed by atoms with Crippen LogP contribution in [-0.2, 0) is 6.18 Å². The SMILES string of the molecule is C[C@@H](c1ccc(C(F)(F)F)nc1)n1nc(C#N)c2c(=O)[nH]c(C3CC[C@H]3c3nccc(C4CC4)n3)nc21. The monoisotopic (exact) mass is 506 g/mol. The van der Waals surface area contributed by atoms with Crippen molar-refractivity contribution in [1.29, 1.82) is 5.26 Å². The molecule has 0 radical (unpaired) electrons. The van der Waals surface area contributed by atoms with Crippen LogP contribution in [0.5, 0.6) is 0 Å². The Morgan fingerprint density at radius 3 is 2.51 bits per heavy atom. The molecule has 0 spiro atoms. The van der Waals surface area contributed by atoms with Crippen molar-refractivity contribution in [3.8, 4) is 6.07 Å². The minimum absolute atomic E-state index is 0.00245. The minimum atomic E-state index is -4.56. The number of H-pyrrole nitrogens is 1. The molecule has 6 rings (SSSR count). The first kappa shape index (κ1) is 23.3. The number of rotatable bonds is 5. The van der Waals surface area contributed by atoms with Gasteiger partial charge in [0.2, 0.25) is 0 Å². The molecule has 0 saturated heterocycles. The Labute approximate surface area is 208 Å². The van der Waals surface area contributed by atoms with E-state index in [1.54, 1.807) is 13.1 Å². The molecular formula is C25H21F3N8O. The number of nitrogens with one attached hydrogen (secondary N) is 1. The third kappa shape index (κ3) is 4.04. The lowest BCUT2D eigenvalue weighted by atomic mass is 9.72. The summed E-state index contributed by atoms with van der Waals surface area (Å²) in [5.74, 6) is 1.58. The first-order chi connectivity index (χ1) is 17.7. The molecule has 1 N–H and O–H groups in total. The van der Waals surface area contributed by atoms with Crippen molar-refractivity contribution in [2.24, 2.45) is 0 Å². The van der Waals surface area contributed by atoms with E-state index in [-0.39, 0.29) is 28.6 Å². The fraction of sp³-hybridized carbons (Fsp3) is 0.400. The fourth-order valence-corrected chi connectivity index (χ4v) is 4.86. The lowest BCUT2D eigenvalue weighted by molar-refractivity contribution is -0.141. The van der Waals surface area contributed by atoms with E-state index < -0.39 is 23.5 Å². The molecule has 2 fully saturated rings. The number of alkyl halides is 3. The van der Waals surface area contributed by atoms with Gasteiger partial charge in [-0.15, -0.1) is 0 Å². The Bertz CT molecular complexity index is 1600. The Balaban J connectivity index is 1.38. The zero-order chi connectivity index (χ0) is 25.9. The molecule has 4 heterocycles. The molecule has 0 aromatic carbocycles. The first-order valence-corrected chi connectivity index (χ1v) is 12.0. The van der Waals surface area contributed by atoms with Gasteiger partial charge in [-0.1, -0.05) is 6.07 Å². The Kier molecular flexibility index (Phi) is 5.33. The highest BCUT2D eigenvalue weighted by molar-refractivity contribution is 5.80. The number of aromatic amines is 1. The van der Waals surface area contributed by atoms with Crippen LogP contribution < -0.4 is 5.56 Å². The Hall–Kier alpha value is -4.14. The number of hydrogen-bond acceptors (Lipinski definition) is 7. The second kappa shape index (κ2) is 8.47. The lowest BCUT2D eigenvalue weighted by Crippen LogP contribution is -2.28. The van der Waals surface area contributed by atoms with Gasteiger partial charge < -0.3 is 4.98 Å². The summed E-state index contributed by atoms with van der Waals surface area (Å²) in [5.41, 5.74) is 0.0698. The van der Waals surface area contributed by atoms with Gasteiger partial charge in [0.05, 0.1) is 6.04 Å². The van der Waals surface area contributed by atoms with E-state index in [1.807, 2.05) is 12.1 Å². The average molecular weight is 506 g/mol. The molecule has 0 bridgehead atoms. The van der Waals surface area contributed by atoms with Gasteiger partial charge in [0, 0.05) is 35.8 Å². The number of fused-ring (bicyclic) bond motifs is 1. The molecule has 4 aromatic heterocycles. The number of halogens is 3. The molecular weight excluding hydrogens is 485 g/mol. The second-order valence-corrected chi connectivity index (χ2v) is 9.61. The van der Waals surface area contributed by atoms with Crippen LogP contribution in [0.2, 0.25) is 0 Å². The molecule has 188 valence electrons. The summed E-state index contributed by atoms with van der Waals surface area (Å²) < 4.78 is 40.2. The third-order valence-electron chi connectivity index (χ3n) is 7.26. The van der Waals surface area contributed by atoms with Crippen LogP contribution in [0, 0.1) is 11.3 Å². The summed E-state index contributed by atoms with van der Waals surface area (Å²) >= 11 is 0. The maximum atomic E-state index is 13.1. The third-order valence-corrected chi connectivity index (χ3v) is 7.26. The molecule has 2 saturated carbocycles. The van der Waals surface area contributed by atoms with Gasteiger partial charge in [-0.2, -0.15) is 23.5 Å². The molecule has 0 aliphatic heterocycles. The average Bonchev–Trinajstić information content (AvgIpc) is 3.64. The van der Waals surface area contributed by atoms with Crippen LogP contribution in [0.1, 0.15) is 90.7 Å². The van der Waals surface area contributed by atoms with Crippen molar-refractivity contribution in [3.05, 3.63) is 75.2 Å². The van der Waals surface area contributed by atoms with E-state index in [4.69, 9.17) is 9.97 Å². The van der Waals surface area contributed by atoms with Crippen LogP contribution in [-0.4, -0.2) is 34.7 Å². The molecule has 2 aliphatic rings. The quantitative estimate of drug-likeness (QED) is 0.427. The minimum Gasteiger partial charge on any atom is -0.310 e. The van der Waals surface area contributed by atoms with Crippen LogP contribution in [0.15, 0.2) is 35.4 Å². The summed E-state index contributed by atoms with van der Waals surface area (Å²) in [6.45, 7) is 1.70. The maximum Gasteiger partial charge on any atom is 0.433 e. The zero-order valence-corrected chi connectivity index (χ0v) is 19.7. The number of pyridine rings is 1. The normalized spacial score (nSPS) is 20.4. The highest BCUT2D eigenvalue weighted by atomic mass is 19.4. The van der Waals surface area contributed by atoms with Crippen molar-refractivity contribution >= 4 is 11.0 Å². The van der Waals surface area contributed by atoms with E-state index in [0.717, 1.165) is 49.5 Å². The van der Waals surface area contributed by atoms with Gasteiger partial charge in [0.25, 0.3) is 5.56 Å². The van der Waals surface area contributed by atoms with Gasteiger partial charge >= 0.3 is 6.18 Å². The number of aromatic nitrogens is 7. The van der Waals surface area contributed by atoms with Crippen molar-refractivity contribution in [2.45, 2.75) is 62.6 Å². The smallest absolute Gasteiger partial charge is 0.310 e. The Morgan fingerprint density at radius 2 is 1.89 bits per heavy atom. The van der Waals surface area contributed by atoms with Crippen LogP contribution in [0.25, 0.3) is 11.0 Å². The number of nitriles is 1. The maximum absolute atomic E-state index is 13.1. The van der Waals surface area contributed by atoms with Gasteiger partial charge in [-0.25, -0.2) is 19.6 Å². The molecule has 2 aliphatic carbocycles. The van der Waals surface area contributed by atoms with E-state index in [0.29, 0.717) is 17.3 Å². The molecule has 37 heavy (non-hydrogen) atoms. The highest BCUT2D eigenvalue weighted by Crippen LogP contribution is 2.47. The lowest BCUT2D eigenvalue weighted by Gasteiger charge is -2.34. The van der Waals surface area contributed by atoms with Crippen molar-refractivity contribution < 1.29 is 13.2 Å². The topological polar surface area (TPSA) is 126 Å². The van der Waals surface area contributed by atoms with E-state index in [2.05, 4.69) is 20.1 Å². The predicted octanol–water partition coefficient (Wildman–Crippen LogP) is 4.34. The fourth-order valence-electron chi connectivity index (χ4n) is 4.86. The molecule has 3 atom stereocenters. The zero-order valence-electron chi connectivity index (χ0n) is 19.7. The van der Waals surface area contributed by atoms with E-state index in [1.165, 1.54) is 10.7 Å². The van der Waals surface area contributed by atoms with Crippen LogP contribution in [0.3, 0.4) is 0 Å². The molecule has 0 amide bonds. The first-order valence-electron chi connectivity index (χ1n) is 12.0. The molecule has 4 aromatic rings. The standard InChI is InChI=1S/C25H21F3N8O/c1-12(14-4-7-19(31-11-14)25(26,27)28)36-23-20(18(10-29)35-36)24(37)34-22(33-23)16-6-5-15(16)21-30-9-8-17(32-21)13-2-3-13/h4,7-9,11-13,15-16H,2-3,5-6H2,1H3,(H,33,34,37)/t12-,15+,16?/m0/s1. The van der Waals surface area contributed by atoms with Crippen molar-refractivity contribution in [2.75, 3.05) is 0 Å². The van der Waals surface area contributed by atoms with Gasteiger partial charge in [0.1, 0.15) is 28.8 Å². The van der Waals surface area contributed by atoms with E-state index >= 15 is 0 Å². The van der Waals surface area contributed by atoms with Crippen molar-refractivity contribution in [3.63, 3.8) is 0 Å². The molecule has 12 heteroatoms. The van der Waals surface area contributed by atoms with Crippen LogP contribution in [0.4, 0.5) is 13.2 Å². The van der Waals surface area contributed by atoms with E-state index in [9.17, 15) is 23.2 Å². The Morgan fingerprint density at radius 1 is 1.11 bits per heavy atom. The molecule has 9 nitrogen and oxygen atoms in total. The van der Waals surface area contributed by atoms with Crippen molar-refractivity contribution in [1.82, 2.24) is 34.7 Å². The second-order valence-electron chi connectivity index (χ2n) is 9.61. The summed E-state index contributed by atoms with van der Waals surface area (Å²) in [6.07, 6.45) is 2.25. The largest absolute Gasteiger partial charge is 0.433 e. The van der Waals surface area contributed by atoms with Gasteiger partial charge in [0.15, 0.2) is 11.3 Å².